The lowest BCUT2D eigenvalue weighted by molar-refractivity contribution is 0.0588. The second-order valence-electron chi connectivity index (χ2n) is 4.13. The van der Waals surface area contributed by atoms with Crippen molar-refractivity contribution in [1.82, 2.24) is 5.32 Å². The van der Waals surface area contributed by atoms with Crippen molar-refractivity contribution >= 4 is 0 Å². The van der Waals surface area contributed by atoms with Crippen LogP contribution in [0, 0.1) is 0 Å². The Morgan fingerprint density at radius 1 is 1.13 bits per heavy atom. The van der Waals surface area contributed by atoms with E-state index in [0.717, 1.165) is 13.0 Å². The summed E-state index contributed by atoms with van der Waals surface area (Å²) in [6.45, 7) is 5.75. The van der Waals surface area contributed by atoms with Gasteiger partial charge in [0, 0.05) is 13.2 Å². The highest BCUT2D eigenvalue weighted by molar-refractivity contribution is 4.67. The first kappa shape index (κ1) is 14.9. The van der Waals surface area contributed by atoms with Crippen LogP contribution in [0.15, 0.2) is 0 Å². The normalized spacial score (nSPS) is 13.4. The molecule has 0 aliphatic heterocycles. The van der Waals surface area contributed by atoms with Crippen LogP contribution in [0.2, 0.25) is 0 Å². The molecule has 0 heterocycles. The van der Waals surface area contributed by atoms with E-state index < -0.39 is 0 Å². The Balaban J connectivity index is 3.51. The molecule has 3 heteroatoms. The van der Waals surface area contributed by atoms with Crippen LogP contribution >= 0.6 is 0 Å². The molecule has 0 fully saturated rings. The van der Waals surface area contributed by atoms with Crippen LogP contribution in [0.5, 0.6) is 0 Å². The molecule has 1 atom stereocenters. The number of hydrogen-bond acceptors (Lipinski definition) is 3. The highest BCUT2D eigenvalue weighted by Gasteiger charge is 2.07. The Kier molecular flexibility index (Phi) is 10.3. The lowest BCUT2D eigenvalue weighted by Crippen LogP contribution is -2.32. The zero-order valence-electron chi connectivity index (χ0n) is 10.5. The molecule has 0 amide bonds. The van der Waals surface area contributed by atoms with E-state index in [1.54, 1.807) is 7.11 Å². The summed E-state index contributed by atoms with van der Waals surface area (Å²) >= 11 is 0. The fourth-order valence-corrected chi connectivity index (χ4v) is 1.78. The van der Waals surface area contributed by atoms with Crippen molar-refractivity contribution < 1.29 is 9.84 Å². The molecule has 1 unspecified atom stereocenters. The summed E-state index contributed by atoms with van der Waals surface area (Å²) in [5, 5.41) is 13.0. The maximum absolute atomic E-state index is 9.46. The topological polar surface area (TPSA) is 41.5 Å². The molecule has 0 aliphatic rings. The number of rotatable bonds is 10. The lowest BCUT2D eigenvalue weighted by Gasteiger charge is -2.18. The monoisotopic (exact) mass is 217 g/mol. The van der Waals surface area contributed by atoms with Crippen molar-refractivity contribution in [2.45, 2.75) is 58.1 Å². The van der Waals surface area contributed by atoms with Crippen LogP contribution in [0.4, 0.5) is 0 Å². The lowest BCUT2D eigenvalue weighted by atomic mass is 10.1. The van der Waals surface area contributed by atoms with Gasteiger partial charge in [-0.3, -0.25) is 0 Å². The van der Waals surface area contributed by atoms with Gasteiger partial charge in [-0.2, -0.15) is 0 Å². The zero-order valence-corrected chi connectivity index (χ0v) is 10.5. The van der Waals surface area contributed by atoms with E-state index in [1.807, 2.05) is 0 Å². The van der Waals surface area contributed by atoms with E-state index in [1.165, 1.54) is 25.7 Å². The fourth-order valence-electron chi connectivity index (χ4n) is 1.78. The summed E-state index contributed by atoms with van der Waals surface area (Å²) in [6, 6.07) is 0.620. The van der Waals surface area contributed by atoms with E-state index in [0.29, 0.717) is 12.6 Å². The number of nitrogens with one attached hydrogen (secondary N) is 1. The maximum atomic E-state index is 9.46. The molecular weight excluding hydrogens is 190 g/mol. The summed E-state index contributed by atoms with van der Waals surface area (Å²) in [7, 11) is 1.62. The molecule has 0 aromatic rings. The van der Waals surface area contributed by atoms with Crippen molar-refractivity contribution in [2.75, 3.05) is 20.3 Å². The third-order valence-corrected chi connectivity index (χ3v) is 2.54. The zero-order chi connectivity index (χ0) is 11.5. The Morgan fingerprint density at radius 3 is 2.20 bits per heavy atom. The first-order chi connectivity index (χ1) is 7.24. The summed E-state index contributed by atoms with van der Waals surface area (Å²) in [5.74, 6) is 0. The summed E-state index contributed by atoms with van der Waals surface area (Å²) < 4.78 is 4.88. The van der Waals surface area contributed by atoms with E-state index in [2.05, 4.69) is 19.2 Å². The van der Waals surface area contributed by atoms with Gasteiger partial charge in [0.1, 0.15) is 0 Å². The third kappa shape index (κ3) is 8.85. The number of ether oxygens (including phenoxy) is 1. The molecule has 3 nitrogen and oxygen atoms in total. The summed E-state index contributed by atoms with van der Waals surface area (Å²) in [6.07, 6.45) is 5.35. The van der Waals surface area contributed by atoms with Crippen molar-refractivity contribution in [3.05, 3.63) is 0 Å². The molecule has 0 aromatic heterocycles. The number of hydrogen-bond donors (Lipinski definition) is 2. The summed E-state index contributed by atoms with van der Waals surface area (Å²) in [4.78, 5) is 0. The van der Waals surface area contributed by atoms with Crippen molar-refractivity contribution in [3.8, 4) is 0 Å². The van der Waals surface area contributed by atoms with Gasteiger partial charge in [0.2, 0.25) is 0 Å². The molecular formula is C12H27NO2. The Morgan fingerprint density at radius 2 is 1.73 bits per heavy atom. The molecule has 0 saturated heterocycles. The molecule has 0 aliphatic carbocycles. The SMILES string of the molecule is CCCC(CCC)NCCC(O)COC. The van der Waals surface area contributed by atoms with Crippen molar-refractivity contribution in [3.63, 3.8) is 0 Å². The minimum Gasteiger partial charge on any atom is -0.391 e. The minimum atomic E-state index is -0.327. The van der Waals surface area contributed by atoms with Crippen LogP contribution < -0.4 is 5.32 Å². The first-order valence-corrected chi connectivity index (χ1v) is 6.14. The molecule has 15 heavy (non-hydrogen) atoms. The predicted molar refractivity (Wildman–Crippen MR) is 64.1 cm³/mol. The second-order valence-corrected chi connectivity index (χ2v) is 4.13. The van der Waals surface area contributed by atoms with E-state index in [-0.39, 0.29) is 6.10 Å². The van der Waals surface area contributed by atoms with Gasteiger partial charge < -0.3 is 15.2 Å². The summed E-state index contributed by atoms with van der Waals surface area (Å²) in [5.41, 5.74) is 0. The van der Waals surface area contributed by atoms with Gasteiger partial charge in [-0.1, -0.05) is 26.7 Å². The Bertz CT molecular complexity index is 125. The van der Waals surface area contributed by atoms with Gasteiger partial charge in [-0.05, 0) is 25.8 Å². The van der Waals surface area contributed by atoms with Crippen LogP contribution in [-0.4, -0.2) is 37.5 Å². The van der Waals surface area contributed by atoms with Gasteiger partial charge in [0.15, 0.2) is 0 Å². The number of methoxy groups -OCH3 is 1. The van der Waals surface area contributed by atoms with Crippen LogP contribution in [-0.2, 0) is 4.74 Å². The van der Waals surface area contributed by atoms with E-state index in [4.69, 9.17) is 4.74 Å². The molecule has 0 aromatic carbocycles. The number of aliphatic hydroxyl groups is 1. The second kappa shape index (κ2) is 10.4. The quantitative estimate of drug-likeness (QED) is 0.587. The third-order valence-electron chi connectivity index (χ3n) is 2.54. The van der Waals surface area contributed by atoms with Gasteiger partial charge >= 0.3 is 0 Å². The van der Waals surface area contributed by atoms with Crippen LogP contribution in [0.1, 0.15) is 46.0 Å². The Hall–Kier alpha value is -0.120. The molecule has 0 bridgehead atoms. The van der Waals surface area contributed by atoms with E-state index in [9.17, 15) is 5.11 Å². The highest BCUT2D eigenvalue weighted by Crippen LogP contribution is 2.04. The highest BCUT2D eigenvalue weighted by atomic mass is 16.5. The molecule has 2 N–H and O–H groups in total. The minimum absolute atomic E-state index is 0.327. The molecule has 0 saturated carbocycles. The van der Waals surface area contributed by atoms with Crippen LogP contribution in [0.25, 0.3) is 0 Å². The predicted octanol–water partition coefficient (Wildman–Crippen LogP) is 1.94. The van der Waals surface area contributed by atoms with Gasteiger partial charge in [0.25, 0.3) is 0 Å². The number of aliphatic hydroxyl groups excluding tert-OH is 1. The largest absolute Gasteiger partial charge is 0.391 e. The average molecular weight is 217 g/mol. The first-order valence-electron chi connectivity index (χ1n) is 6.14. The van der Waals surface area contributed by atoms with Gasteiger partial charge in [0.05, 0.1) is 12.7 Å². The molecule has 0 spiro atoms. The van der Waals surface area contributed by atoms with Crippen molar-refractivity contribution in [1.29, 1.82) is 0 Å². The molecule has 92 valence electrons. The van der Waals surface area contributed by atoms with E-state index >= 15 is 0 Å². The van der Waals surface area contributed by atoms with Gasteiger partial charge in [-0.25, -0.2) is 0 Å². The smallest absolute Gasteiger partial charge is 0.0785 e. The van der Waals surface area contributed by atoms with Crippen LogP contribution in [0.3, 0.4) is 0 Å². The van der Waals surface area contributed by atoms with Crippen molar-refractivity contribution in [2.24, 2.45) is 0 Å². The molecule has 0 radical (unpaired) electrons. The average Bonchev–Trinajstić information content (AvgIpc) is 2.19. The Labute approximate surface area is 94.2 Å². The van der Waals surface area contributed by atoms with Gasteiger partial charge in [-0.15, -0.1) is 0 Å². The molecule has 0 rings (SSSR count). The maximum Gasteiger partial charge on any atom is 0.0785 e. The standard InChI is InChI=1S/C12H27NO2/c1-4-6-11(7-5-2)13-9-8-12(14)10-15-3/h11-14H,4-10H2,1-3H3. The fraction of sp³-hybridized carbons (Fsp3) is 1.00.